The van der Waals surface area contributed by atoms with E-state index in [2.05, 4.69) is 12.2 Å². The van der Waals surface area contributed by atoms with Crippen molar-refractivity contribution in [2.45, 2.75) is 84.5 Å². The van der Waals surface area contributed by atoms with Gasteiger partial charge in [0.1, 0.15) is 0 Å². The van der Waals surface area contributed by atoms with Gasteiger partial charge in [0, 0.05) is 12.5 Å². The summed E-state index contributed by atoms with van der Waals surface area (Å²) in [6, 6.07) is 0. The van der Waals surface area contributed by atoms with Gasteiger partial charge >= 0.3 is 0 Å². The predicted molar refractivity (Wildman–Crippen MR) is 87.7 cm³/mol. The number of carbonyl (C=O) groups excluding carboxylic acids is 1. The predicted octanol–water partition coefficient (Wildman–Crippen LogP) is 4.01. The fourth-order valence-electron chi connectivity index (χ4n) is 2.38. The molecule has 20 heavy (non-hydrogen) atoms. The van der Waals surface area contributed by atoms with E-state index in [4.69, 9.17) is 5.73 Å². The van der Waals surface area contributed by atoms with Gasteiger partial charge < -0.3 is 11.1 Å². The van der Waals surface area contributed by atoms with Crippen LogP contribution >= 0.6 is 0 Å². The Morgan fingerprint density at radius 1 is 0.950 bits per heavy atom. The Morgan fingerprint density at radius 3 is 2.05 bits per heavy atom. The standard InChI is InChI=1S/C17H36N2O/c1-3-4-5-6-7-8-9-10-11-15-19-17(20)16(2)13-12-14-18/h16H,3-15,18H2,1-2H3,(H,19,20). The fourth-order valence-corrected chi connectivity index (χ4v) is 2.38. The maximum absolute atomic E-state index is 11.7. The normalized spacial score (nSPS) is 12.3. The molecule has 0 aromatic carbocycles. The van der Waals surface area contributed by atoms with Gasteiger partial charge in [0.2, 0.25) is 5.91 Å². The number of carbonyl (C=O) groups is 1. The third kappa shape index (κ3) is 12.5. The zero-order chi connectivity index (χ0) is 15.1. The van der Waals surface area contributed by atoms with E-state index in [9.17, 15) is 4.79 Å². The Labute approximate surface area is 126 Å². The van der Waals surface area contributed by atoms with Crippen LogP contribution < -0.4 is 11.1 Å². The lowest BCUT2D eigenvalue weighted by atomic mass is 10.0. The SMILES string of the molecule is CCCCCCCCCCCNC(=O)C(C)CCCN. The molecule has 0 bridgehead atoms. The summed E-state index contributed by atoms with van der Waals surface area (Å²) in [6.07, 6.45) is 13.7. The number of hydrogen-bond acceptors (Lipinski definition) is 2. The van der Waals surface area contributed by atoms with Crippen LogP contribution in [0.1, 0.15) is 84.5 Å². The summed E-state index contributed by atoms with van der Waals surface area (Å²) in [5.41, 5.74) is 5.45. The smallest absolute Gasteiger partial charge is 0.222 e. The third-order valence-electron chi connectivity index (χ3n) is 3.87. The van der Waals surface area contributed by atoms with E-state index >= 15 is 0 Å². The number of nitrogens with one attached hydrogen (secondary N) is 1. The number of rotatable bonds is 14. The van der Waals surface area contributed by atoms with Crippen molar-refractivity contribution >= 4 is 5.91 Å². The first-order valence-electron chi connectivity index (χ1n) is 8.70. The largest absolute Gasteiger partial charge is 0.356 e. The lowest BCUT2D eigenvalue weighted by Gasteiger charge is -2.11. The number of hydrogen-bond donors (Lipinski definition) is 2. The lowest BCUT2D eigenvalue weighted by Crippen LogP contribution is -2.30. The Balaban J connectivity index is 3.24. The second kappa shape index (κ2) is 14.8. The third-order valence-corrected chi connectivity index (χ3v) is 3.87. The number of amides is 1. The van der Waals surface area contributed by atoms with Crippen LogP contribution in [0.4, 0.5) is 0 Å². The van der Waals surface area contributed by atoms with E-state index in [1.54, 1.807) is 0 Å². The molecule has 120 valence electrons. The van der Waals surface area contributed by atoms with Crippen LogP contribution in [-0.4, -0.2) is 19.0 Å². The van der Waals surface area contributed by atoms with E-state index in [-0.39, 0.29) is 11.8 Å². The highest BCUT2D eigenvalue weighted by molar-refractivity contribution is 5.78. The molecule has 0 aliphatic carbocycles. The molecule has 0 rings (SSSR count). The van der Waals surface area contributed by atoms with Crippen LogP contribution in [0.25, 0.3) is 0 Å². The van der Waals surface area contributed by atoms with Crippen molar-refractivity contribution in [3.8, 4) is 0 Å². The maximum atomic E-state index is 11.7. The molecular weight excluding hydrogens is 248 g/mol. The molecule has 0 aliphatic rings. The average molecular weight is 284 g/mol. The van der Waals surface area contributed by atoms with Crippen molar-refractivity contribution < 1.29 is 4.79 Å². The van der Waals surface area contributed by atoms with Gasteiger partial charge in [0.25, 0.3) is 0 Å². The number of nitrogens with two attached hydrogens (primary N) is 1. The van der Waals surface area contributed by atoms with Gasteiger partial charge in [0.05, 0.1) is 0 Å². The maximum Gasteiger partial charge on any atom is 0.222 e. The Bertz CT molecular complexity index is 219. The molecule has 0 heterocycles. The first kappa shape index (κ1) is 19.4. The van der Waals surface area contributed by atoms with Crippen molar-refractivity contribution in [1.29, 1.82) is 0 Å². The van der Waals surface area contributed by atoms with Gasteiger partial charge in [-0.2, -0.15) is 0 Å². The molecule has 0 aliphatic heterocycles. The highest BCUT2D eigenvalue weighted by atomic mass is 16.1. The molecular formula is C17H36N2O. The minimum Gasteiger partial charge on any atom is -0.356 e. The van der Waals surface area contributed by atoms with E-state index in [1.165, 1.54) is 51.4 Å². The van der Waals surface area contributed by atoms with E-state index in [0.29, 0.717) is 6.54 Å². The molecule has 1 amide bonds. The van der Waals surface area contributed by atoms with Gasteiger partial charge in [-0.15, -0.1) is 0 Å². The first-order valence-corrected chi connectivity index (χ1v) is 8.70. The van der Waals surface area contributed by atoms with Gasteiger partial charge in [-0.05, 0) is 25.8 Å². The summed E-state index contributed by atoms with van der Waals surface area (Å²) in [5, 5.41) is 3.03. The summed E-state index contributed by atoms with van der Waals surface area (Å²) < 4.78 is 0. The molecule has 0 fully saturated rings. The molecule has 3 N–H and O–H groups in total. The van der Waals surface area contributed by atoms with Crippen LogP contribution in [0.3, 0.4) is 0 Å². The highest BCUT2D eigenvalue weighted by Crippen LogP contribution is 2.09. The minimum absolute atomic E-state index is 0.108. The minimum atomic E-state index is 0.108. The van der Waals surface area contributed by atoms with Crippen molar-refractivity contribution in [2.24, 2.45) is 11.7 Å². The summed E-state index contributed by atoms with van der Waals surface area (Å²) in [4.78, 5) is 11.7. The zero-order valence-electron chi connectivity index (χ0n) is 13.8. The van der Waals surface area contributed by atoms with Gasteiger partial charge in [0.15, 0.2) is 0 Å². The average Bonchev–Trinajstić information content (AvgIpc) is 2.46. The van der Waals surface area contributed by atoms with Crippen molar-refractivity contribution in [1.82, 2.24) is 5.32 Å². The second-order valence-electron chi connectivity index (χ2n) is 5.95. The van der Waals surface area contributed by atoms with Crippen LogP contribution in [0.5, 0.6) is 0 Å². The zero-order valence-corrected chi connectivity index (χ0v) is 13.8. The van der Waals surface area contributed by atoms with Crippen LogP contribution in [0, 0.1) is 5.92 Å². The lowest BCUT2D eigenvalue weighted by molar-refractivity contribution is -0.124. The van der Waals surface area contributed by atoms with Gasteiger partial charge in [-0.3, -0.25) is 4.79 Å². The molecule has 0 saturated carbocycles. The quantitative estimate of drug-likeness (QED) is 0.474. The molecule has 1 unspecified atom stereocenters. The molecule has 1 atom stereocenters. The molecule has 0 spiro atoms. The van der Waals surface area contributed by atoms with Crippen molar-refractivity contribution in [2.75, 3.05) is 13.1 Å². The van der Waals surface area contributed by atoms with E-state index in [0.717, 1.165) is 25.8 Å². The van der Waals surface area contributed by atoms with E-state index in [1.807, 2.05) is 6.92 Å². The van der Waals surface area contributed by atoms with Crippen molar-refractivity contribution in [3.05, 3.63) is 0 Å². The molecule has 3 nitrogen and oxygen atoms in total. The van der Waals surface area contributed by atoms with Crippen molar-refractivity contribution in [3.63, 3.8) is 0 Å². The fraction of sp³-hybridized carbons (Fsp3) is 0.941. The van der Waals surface area contributed by atoms with E-state index < -0.39 is 0 Å². The Kier molecular flexibility index (Phi) is 14.4. The topological polar surface area (TPSA) is 55.1 Å². The van der Waals surface area contributed by atoms with Crippen LogP contribution in [0.2, 0.25) is 0 Å². The summed E-state index contributed by atoms with van der Waals surface area (Å²) in [5.74, 6) is 0.301. The Hall–Kier alpha value is -0.570. The van der Waals surface area contributed by atoms with Crippen LogP contribution in [-0.2, 0) is 4.79 Å². The Morgan fingerprint density at radius 2 is 1.50 bits per heavy atom. The van der Waals surface area contributed by atoms with Gasteiger partial charge in [-0.25, -0.2) is 0 Å². The molecule has 0 aromatic heterocycles. The van der Waals surface area contributed by atoms with Crippen LogP contribution in [0.15, 0.2) is 0 Å². The summed E-state index contributed by atoms with van der Waals surface area (Å²) in [7, 11) is 0. The second-order valence-corrected chi connectivity index (χ2v) is 5.95. The highest BCUT2D eigenvalue weighted by Gasteiger charge is 2.10. The molecule has 0 aromatic rings. The molecule has 0 saturated heterocycles. The monoisotopic (exact) mass is 284 g/mol. The first-order chi connectivity index (χ1) is 9.72. The summed E-state index contributed by atoms with van der Waals surface area (Å²) in [6.45, 7) is 5.75. The summed E-state index contributed by atoms with van der Waals surface area (Å²) >= 11 is 0. The molecule has 3 heteroatoms. The number of unbranched alkanes of at least 4 members (excludes halogenated alkanes) is 8. The molecule has 0 radical (unpaired) electrons. The van der Waals surface area contributed by atoms with Gasteiger partial charge in [-0.1, -0.05) is 65.2 Å².